The molecule has 1 fully saturated rings. The number of nitrogens with zero attached hydrogens (tertiary/aromatic N) is 4. The normalized spacial score (nSPS) is 15.1. The molecule has 1 amide bonds. The number of fused-ring (bicyclic) bond motifs is 1. The average Bonchev–Trinajstić information content (AvgIpc) is 3.52. The Morgan fingerprint density at radius 1 is 1.15 bits per heavy atom. The van der Waals surface area contributed by atoms with Crippen molar-refractivity contribution < 1.29 is 4.79 Å². The molecular weight excluding hydrogens is 448 g/mol. The topological polar surface area (TPSA) is 99.8 Å². The van der Waals surface area contributed by atoms with E-state index < -0.39 is 5.56 Å². The number of aromatic amines is 1. The van der Waals surface area contributed by atoms with Gasteiger partial charge in [0.05, 0.1) is 5.22 Å². The number of benzene rings is 1. The molecule has 0 radical (unpaired) electrons. The molecule has 1 saturated heterocycles. The van der Waals surface area contributed by atoms with Crippen LogP contribution in [0.2, 0.25) is 0 Å². The molecule has 0 spiro atoms. The quantitative estimate of drug-likeness (QED) is 0.471. The van der Waals surface area contributed by atoms with Gasteiger partial charge in [-0.05, 0) is 63.5 Å². The van der Waals surface area contributed by atoms with Gasteiger partial charge in [-0.15, -0.1) is 0 Å². The molecule has 3 aliphatic rings. The van der Waals surface area contributed by atoms with Crippen LogP contribution in [-0.2, 0) is 4.79 Å². The average molecular weight is 475 g/mol. The van der Waals surface area contributed by atoms with Crippen molar-refractivity contribution in [2.45, 2.75) is 33.6 Å². The van der Waals surface area contributed by atoms with E-state index >= 15 is 0 Å². The lowest BCUT2D eigenvalue weighted by molar-refractivity contribution is -0.123. The first kappa shape index (κ1) is 22.1. The van der Waals surface area contributed by atoms with Crippen LogP contribution in [0.5, 0.6) is 0 Å². The van der Waals surface area contributed by atoms with Gasteiger partial charge in [0.2, 0.25) is 11.0 Å². The van der Waals surface area contributed by atoms with Crippen LogP contribution in [-0.4, -0.2) is 43.2 Å². The molecule has 0 aliphatic carbocycles. The minimum absolute atomic E-state index is 0.0136. The molecule has 1 aromatic carbocycles. The summed E-state index contributed by atoms with van der Waals surface area (Å²) >= 11 is 1.19. The van der Waals surface area contributed by atoms with E-state index in [0.717, 1.165) is 48.6 Å². The van der Waals surface area contributed by atoms with Crippen molar-refractivity contribution in [3.05, 3.63) is 78.6 Å². The summed E-state index contributed by atoms with van der Waals surface area (Å²) in [4.78, 5) is 31.3. The molecule has 5 rings (SSSR count). The fraction of sp³-hybridized carbons (Fsp3) is 0.280. The number of hydrogen-bond acceptors (Lipinski definition) is 5. The molecule has 0 atom stereocenters. The Bertz CT molecular complexity index is 1600. The zero-order valence-corrected chi connectivity index (χ0v) is 20.2. The van der Waals surface area contributed by atoms with Gasteiger partial charge in [-0.1, -0.05) is 29.0 Å². The Labute approximate surface area is 200 Å². The predicted molar refractivity (Wildman–Crippen MR) is 132 cm³/mol. The van der Waals surface area contributed by atoms with Crippen molar-refractivity contribution in [1.29, 1.82) is 5.41 Å². The molecule has 34 heavy (non-hydrogen) atoms. The summed E-state index contributed by atoms with van der Waals surface area (Å²) in [6.07, 6.45) is 5.28. The van der Waals surface area contributed by atoms with E-state index in [9.17, 15) is 9.59 Å². The standard InChI is InChI=1S/C25H26N6O2S/c1-15-6-8-19(9-7-15)30-16(2)12-18(17(30)3)13-20-23(26)31-25(27-24(20)33)34-21(28-31)14-22(32)29-10-4-5-11-29/h6-9,12-14,26,28H,4-5,10-11H2,1-3H3/b20-13+,21-14+,26-23?. The number of aryl methyl sites for hydroxylation is 2. The summed E-state index contributed by atoms with van der Waals surface area (Å²) in [5.41, 5.74) is 4.66. The van der Waals surface area contributed by atoms with Gasteiger partial charge in [-0.25, -0.2) is 4.68 Å². The molecule has 8 nitrogen and oxygen atoms in total. The van der Waals surface area contributed by atoms with Crippen LogP contribution in [0.1, 0.15) is 35.4 Å². The van der Waals surface area contributed by atoms with Crippen molar-refractivity contribution in [3.63, 3.8) is 0 Å². The van der Waals surface area contributed by atoms with E-state index in [1.54, 1.807) is 11.0 Å². The van der Waals surface area contributed by atoms with Crippen molar-refractivity contribution in [1.82, 2.24) is 24.2 Å². The van der Waals surface area contributed by atoms with E-state index in [1.807, 2.05) is 19.9 Å². The summed E-state index contributed by atoms with van der Waals surface area (Å²) in [5, 5.41) is 12.3. The second-order valence-corrected chi connectivity index (χ2v) is 9.70. The summed E-state index contributed by atoms with van der Waals surface area (Å²) in [6.45, 7) is 7.60. The second-order valence-electron chi connectivity index (χ2n) is 8.69. The van der Waals surface area contributed by atoms with Gasteiger partial charge in [0.1, 0.15) is 4.66 Å². The number of carbonyl (C=O) groups excluding carboxylic acids is 1. The molecule has 4 heterocycles. The van der Waals surface area contributed by atoms with Gasteiger partial charge in [-0.2, -0.15) is 4.98 Å². The molecule has 2 N–H and O–H groups in total. The first-order chi connectivity index (χ1) is 16.3. The molecule has 0 bridgehead atoms. The minimum Gasteiger partial charge on any atom is -0.339 e. The maximum atomic E-state index is 12.8. The third-order valence-electron chi connectivity index (χ3n) is 6.26. The molecular formula is C25H26N6O2S. The van der Waals surface area contributed by atoms with Gasteiger partial charge < -0.3 is 9.47 Å². The van der Waals surface area contributed by atoms with Crippen molar-refractivity contribution in [2.75, 3.05) is 13.1 Å². The van der Waals surface area contributed by atoms with E-state index in [4.69, 9.17) is 5.41 Å². The Morgan fingerprint density at radius 3 is 2.56 bits per heavy atom. The Balaban J connectivity index is 1.60. The van der Waals surface area contributed by atoms with Gasteiger partial charge in [0.15, 0.2) is 5.49 Å². The van der Waals surface area contributed by atoms with Gasteiger partial charge in [-0.3, -0.25) is 20.1 Å². The molecule has 3 aliphatic heterocycles. The van der Waals surface area contributed by atoms with E-state index in [-0.39, 0.29) is 16.6 Å². The monoisotopic (exact) mass is 474 g/mol. The number of amides is 1. The Morgan fingerprint density at radius 2 is 1.85 bits per heavy atom. The molecule has 0 unspecified atom stereocenters. The lowest BCUT2D eigenvalue weighted by Crippen LogP contribution is -2.47. The summed E-state index contributed by atoms with van der Waals surface area (Å²) in [5.74, 6) is -0.0647. The summed E-state index contributed by atoms with van der Waals surface area (Å²) < 4.78 is 4.15. The highest BCUT2D eigenvalue weighted by Gasteiger charge is 2.17. The van der Waals surface area contributed by atoms with Crippen molar-refractivity contribution in [3.8, 4) is 10.8 Å². The Hall–Kier alpha value is -3.72. The van der Waals surface area contributed by atoms with E-state index in [2.05, 4.69) is 45.8 Å². The number of H-pyrrole nitrogens is 1. The first-order valence-corrected chi connectivity index (χ1v) is 12.1. The second kappa shape index (κ2) is 8.57. The fourth-order valence-corrected chi connectivity index (χ4v) is 5.28. The molecule has 1 aromatic heterocycles. The van der Waals surface area contributed by atoms with E-state index in [1.165, 1.54) is 27.7 Å². The highest BCUT2D eigenvalue weighted by molar-refractivity contribution is 7.11. The van der Waals surface area contributed by atoms with Crippen LogP contribution in [0.3, 0.4) is 0 Å². The number of hydrogen-bond donors (Lipinski definition) is 2. The fourth-order valence-electron chi connectivity index (χ4n) is 4.43. The van der Waals surface area contributed by atoms with Crippen LogP contribution >= 0.6 is 11.3 Å². The number of nitrogens with one attached hydrogen (secondary N) is 2. The third kappa shape index (κ3) is 3.92. The van der Waals surface area contributed by atoms with Gasteiger partial charge in [0, 0.05) is 36.2 Å². The zero-order chi connectivity index (χ0) is 24.0. The lowest BCUT2D eigenvalue weighted by atomic mass is 10.2. The van der Waals surface area contributed by atoms with Crippen LogP contribution in [0, 0.1) is 26.2 Å². The maximum Gasteiger partial charge on any atom is 0.283 e. The molecule has 9 heteroatoms. The van der Waals surface area contributed by atoms with Crippen molar-refractivity contribution >= 4 is 29.4 Å². The first-order valence-electron chi connectivity index (χ1n) is 11.3. The number of likely N-dealkylation sites (tertiary alicyclic amines) is 1. The number of carbonyl (C=O) groups is 1. The van der Waals surface area contributed by atoms with Gasteiger partial charge >= 0.3 is 0 Å². The lowest BCUT2D eigenvalue weighted by Gasteiger charge is -2.10. The van der Waals surface area contributed by atoms with Gasteiger partial charge in [0.25, 0.3) is 5.56 Å². The largest absolute Gasteiger partial charge is 0.339 e. The predicted octanol–water partition coefficient (Wildman–Crippen LogP) is 1.49. The zero-order valence-electron chi connectivity index (χ0n) is 19.4. The Kier molecular flexibility index (Phi) is 5.57. The minimum atomic E-state index is -0.460. The number of aromatic nitrogens is 4. The SMILES string of the molecule is Cc1ccc(-n2c(C)cc(/C=c3/c(=O)nc4s/c(=C/C(=O)N5CCCC5)[nH]n-4c3=N)c2C)cc1. The number of rotatable bonds is 3. The van der Waals surface area contributed by atoms with Crippen LogP contribution in [0.25, 0.3) is 23.0 Å². The molecule has 174 valence electrons. The summed E-state index contributed by atoms with van der Waals surface area (Å²) in [6, 6.07) is 10.3. The third-order valence-corrected chi connectivity index (χ3v) is 7.14. The molecule has 2 aromatic rings. The highest BCUT2D eigenvalue weighted by Crippen LogP contribution is 2.21. The highest BCUT2D eigenvalue weighted by atomic mass is 32.1. The smallest absolute Gasteiger partial charge is 0.283 e. The summed E-state index contributed by atoms with van der Waals surface area (Å²) in [7, 11) is 0. The van der Waals surface area contributed by atoms with Crippen LogP contribution in [0.15, 0.2) is 35.1 Å². The van der Waals surface area contributed by atoms with Crippen LogP contribution < -0.4 is 20.9 Å². The van der Waals surface area contributed by atoms with Crippen molar-refractivity contribution in [2.24, 2.45) is 0 Å². The van der Waals surface area contributed by atoms with E-state index in [0.29, 0.717) is 9.79 Å². The van der Waals surface area contributed by atoms with Crippen LogP contribution in [0.4, 0.5) is 0 Å². The molecule has 0 saturated carbocycles. The maximum absolute atomic E-state index is 12.8.